The summed E-state index contributed by atoms with van der Waals surface area (Å²) >= 11 is 0. The molecule has 1 aliphatic heterocycles. The lowest BCUT2D eigenvalue weighted by molar-refractivity contribution is -0.384. The predicted molar refractivity (Wildman–Crippen MR) is 84.9 cm³/mol. The van der Waals surface area contributed by atoms with Crippen LogP contribution in [0.1, 0.15) is 24.9 Å². The van der Waals surface area contributed by atoms with E-state index in [9.17, 15) is 14.9 Å². The van der Waals surface area contributed by atoms with E-state index in [2.05, 4.69) is 0 Å². The third-order valence-corrected chi connectivity index (χ3v) is 3.89. The van der Waals surface area contributed by atoms with Gasteiger partial charge >= 0.3 is 0 Å². The Hall–Kier alpha value is -2.73. The molecule has 118 valence electrons. The van der Waals surface area contributed by atoms with Crippen molar-refractivity contribution in [3.8, 4) is 0 Å². The molecule has 1 saturated heterocycles. The number of nitro benzene ring substituents is 1. The summed E-state index contributed by atoms with van der Waals surface area (Å²) < 4.78 is 0. The molecule has 2 aromatic carbocycles. The molecule has 2 atom stereocenters. The van der Waals surface area contributed by atoms with Crippen molar-refractivity contribution in [2.75, 3.05) is 5.06 Å². The second-order valence-electron chi connectivity index (χ2n) is 5.47. The summed E-state index contributed by atoms with van der Waals surface area (Å²) in [7, 11) is 0. The number of nitrogens with zero attached hydrogens (tertiary/aromatic N) is 2. The van der Waals surface area contributed by atoms with Crippen LogP contribution < -0.4 is 5.06 Å². The fraction of sp³-hybridized carbons (Fsp3) is 0.235. The topological polar surface area (TPSA) is 72.7 Å². The average Bonchev–Trinajstić information content (AvgIpc) is 3.01. The highest BCUT2D eigenvalue weighted by atomic mass is 16.7. The van der Waals surface area contributed by atoms with Crippen molar-refractivity contribution in [1.82, 2.24) is 0 Å². The van der Waals surface area contributed by atoms with Crippen molar-refractivity contribution in [3.63, 3.8) is 0 Å². The quantitative estimate of drug-likeness (QED) is 0.639. The van der Waals surface area contributed by atoms with Gasteiger partial charge in [0.1, 0.15) is 6.10 Å². The number of non-ortho nitro benzene ring substituents is 1. The highest BCUT2D eigenvalue weighted by Crippen LogP contribution is 2.38. The molecule has 0 unspecified atom stereocenters. The molecule has 0 radical (unpaired) electrons. The molecule has 6 heteroatoms. The van der Waals surface area contributed by atoms with Crippen molar-refractivity contribution >= 4 is 17.2 Å². The van der Waals surface area contributed by atoms with E-state index >= 15 is 0 Å². The van der Waals surface area contributed by atoms with Gasteiger partial charge in [0, 0.05) is 18.6 Å². The smallest absolute Gasteiger partial charge is 0.269 e. The number of Topliss-reactive ketones (excluding diaryl/α,β-unsaturated/α-hetero) is 1. The molecule has 3 rings (SSSR count). The number of rotatable bonds is 4. The van der Waals surface area contributed by atoms with Gasteiger partial charge in [-0.3, -0.25) is 19.7 Å². The molecule has 1 fully saturated rings. The summed E-state index contributed by atoms with van der Waals surface area (Å²) in [5.41, 5.74) is 1.60. The number of hydrogen-bond donors (Lipinski definition) is 0. The minimum atomic E-state index is -0.542. The molecule has 6 nitrogen and oxygen atoms in total. The zero-order valence-corrected chi connectivity index (χ0v) is 12.6. The van der Waals surface area contributed by atoms with E-state index in [1.165, 1.54) is 19.1 Å². The van der Waals surface area contributed by atoms with Crippen LogP contribution in [0.25, 0.3) is 0 Å². The van der Waals surface area contributed by atoms with Gasteiger partial charge in [-0.1, -0.05) is 30.3 Å². The van der Waals surface area contributed by atoms with Gasteiger partial charge in [-0.2, -0.15) is 0 Å². The molecule has 23 heavy (non-hydrogen) atoms. The van der Waals surface area contributed by atoms with Crippen molar-refractivity contribution in [2.45, 2.75) is 25.5 Å². The largest absolute Gasteiger partial charge is 0.297 e. The Bertz CT molecular complexity index is 732. The Balaban J connectivity index is 1.98. The van der Waals surface area contributed by atoms with Crippen LogP contribution in [0.3, 0.4) is 0 Å². The van der Waals surface area contributed by atoms with Crippen LogP contribution in [0.4, 0.5) is 11.4 Å². The lowest BCUT2D eigenvalue weighted by Crippen LogP contribution is -2.23. The number of nitro groups is 1. The first kappa shape index (κ1) is 15.2. The van der Waals surface area contributed by atoms with Gasteiger partial charge < -0.3 is 0 Å². The monoisotopic (exact) mass is 312 g/mol. The van der Waals surface area contributed by atoms with Crippen LogP contribution in [-0.2, 0) is 9.63 Å². The van der Waals surface area contributed by atoms with Gasteiger partial charge in [0.2, 0.25) is 0 Å². The van der Waals surface area contributed by atoms with Crippen molar-refractivity contribution in [1.29, 1.82) is 0 Å². The van der Waals surface area contributed by atoms with Crippen LogP contribution in [0.5, 0.6) is 0 Å². The van der Waals surface area contributed by atoms with Crippen LogP contribution in [0.2, 0.25) is 0 Å². The molecule has 0 aliphatic carbocycles. The lowest BCUT2D eigenvalue weighted by atomic mass is 9.99. The minimum absolute atomic E-state index is 0.0294. The van der Waals surface area contributed by atoms with Crippen LogP contribution in [0, 0.1) is 10.1 Å². The maximum absolute atomic E-state index is 11.7. The van der Waals surface area contributed by atoms with Crippen molar-refractivity contribution < 1.29 is 14.6 Å². The molecule has 2 aromatic rings. The molecule has 0 bridgehead atoms. The van der Waals surface area contributed by atoms with E-state index in [4.69, 9.17) is 4.84 Å². The first-order chi connectivity index (χ1) is 11.1. The minimum Gasteiger partial charge on any atom is -0.297 e. The third kappa shape index (κ3) is 3.07. The van der Waals surface area contributed by atoms with Gasteiger partial charge in [0.15, 0.2) is 5.78 Å². The maximum atomic E-state index is 11.7. The maximum Gasteiger partial charge on any atom is 0.269 e. The van der Waals surface area contributed by atoms with Crippen LogP contribution in [0.15, 0.2) is 54.6 Å². The highest BCUT2D eigenvalue weighted by Gasteiger charge is 2.37. The SMILES string of the molecule is CC(=O)[C@H]1C[C@H](c2cccc([N+](=O)[O-])c2)N(c2ccccc2)O1. The number of anilines is 1. The van der Waals surface area contributed by atoms with Gasteiger partial charge in [-0.25, -0.2) is 5.06 Å². The lowest BCUT2D eigenvalue weighted by Gasteiger charge is -2.24. The van der Waals surface area contributed by atoms with E-state index in [1.807, 2.05) is 36.4 Å². The van der Waals surface area contributed by atoms with Crippen LogP contribution in [-0.4, -0.2) is 16.8 Å². The van der Waals surface area contributed by atoms with Gasteiger partial charge in [0.05, 0.1) is 16.7 Å². The van der Waals surface area contributed by atoms with E-state index in [-0.39, 0.29) is 17.5 Å². The van der Waals surface area contributed by atoms with E-state index in [1.54, 1.807) is 11.1 Å². The number of carbonyl (C=O) groups excluding carboxylic acids is 1. The summed E-state index contributed by atoms with van der Waals surface area (Å²) in [6.07, 6.45) is -0.0785. The number of hydroxylamine groups is 1. The normalized spacial score (nSPS) is 20.5. The first-order valence-corrected chi connectivity index (χ1v) is 7.32. The summed E-state index contributed by atoms with van der Waals surface area (Å²) in [5.74, 6) is -0.0566. The van der Waals surface area contributed by atoms with Gasteiger partial charge in [-0.15, -0.1) is 0 Å². The van der Waals surface area contributed by atoms with E-state index in [0.29, 0.717) is 6.42 Å². The molecular formula is C17H16N2O4. The molecule has 0 saturated carbocycles. The Kier molecular flexibility index (Phi) is 4.08. The zero-order chi connectivity index (χ0) is 16.4. The number of benzene rings is 2. The van der Waals surface area contributed by atoms with E-state index < -0.39 is 11.0 Å². The summed E-state index contributed by atoms with van der Waals surface area (Å²) in [4.78, 5) is 28.1. The fourth-order valence-electron chi connectivity index (χ4n) is 2.73. The Morgan fingerprint density at radius 3 is 2.61 bits per heavy atom. The summed E-state index contributed by atoms with van der Waals surface area (Å²) in [6.45, 7) is 1.49. The summed E-state index contributed by atoms with van der Waals surface area (Å²) in [5, 5.41) is 12.7. The Labute approximate surface area is 133 Å². The second kappa shape index (κ2) is 6.18. The van der Waals surface area contributed by atoms with Gasteiger partial charge in [0.25, 0.3) is 5.69 Å². The Morgan fingerprint density at radius 1 is 1.22 bits per heavy atom. The second-order valence-corrected chi connectivity index (χ2v) is 5.47. The molecular weight excluding hydrogens is 296 g/mol. The number of hydrogen-bond acceptors (Lipinski definition) is 5. The number of para-hydroxylation sites is 1. The van der Waals surface area contributed by atoms with Crippen LogP contribution >= 0.6 is 0 Å². The van der Waals surface area contributed by atoms with Crippen molar-refractivity contribution in [2.24, 2.45) is 0 Å². The van der Waals surface area contributed by atoms with E-state index in [0.717, 1.165) is 11.3 Å². The summed E-state index contributed by atoms with van der Waals surface area (Å²) in [6, 6.07) is 15.6. The average molecular weight is 312 g/mol. The zero-order valence-electron chi connectivity index (χ0n) is 12.6. The molecule has 1 heterocycles. The molecule has 0 amide bonds. The fourth-order valence-corrected chi connectivity index (χ4v) is 2.73. The standard InChI is InChI=1S/C17H16N2O4/c1-12(20)17-11-16(13-6-5-9-15(10-13)19(21)22)18(23-17)14-7-3-2-4-8-14/h2-10,16-17H,11H2,1H3/t16-,17-/m1/s1. The number of ketones is 1. The number of carbonyl (C=O) groups is 1. The predicted octanol–water partition coefficient (Wildman–Crippen LogP) is 3.44. The molecule has 0 aromatic heterocycles. The highest BCUT2D eigenvalue weighted by molar-refractivity contribution is 5.81. The first-order valence-electron chi connectivity index (χ1n) is 7.32. The van der Waals surface area contributed by atoms with Gasteiger partial charge in [-0.05, 0) is 24.6 Å². The third-order valence-electron chi connectivity index (χ3n) is 3.89. The molecule has 1 aliphatic rings. The molecule has 0 N–H and O–H groups in total. The van der Waals surface area contributed by atoms with Crippen molar-refractivity contribution in [3.05, 3.63) is 70.3 Å². The molecule has 0 spiro atoms. The Morgan fingerprint density at radius 2 is 1.96 bits per heavy atom.